The number of carbonyl (C=O) groups excluding carboxylic acids is 2. The summed E-state index contributed by atoms with van der Waals surface area (Å²) in [4.78, 5) is 33.6. The Morgan fingerprint density at radius 3 is 2.64 bits per heavy atom. The van der Waals surface area contributed by atoms with Crippen LogP contribution in [0.2, 0.25) is 0 Å². The SMILES string of the molecule is CC(C)NC(=O)C(C)N1CCN(C(=O)c2cccnc2OC2CCSC2)CC1. The Labute approximate surface area is 171 Å². The van der Waals surface area contributed by atoms with E-state index in [4.69, 9.17) is 4.74 Å². The molecule has 2 aliphatic heterocycles. The van der Waals surface area contributed by atoms with E-state index >= 15 is 0 Å². The third kappa shape index (κ3) is 5.17. The van der Waals surface area contributed by atoms with Crippen molar-refractivity contribution >= 4 is 23.6 Å². The molecule has 1 aromatic rings. The van der Waals surface area contributed by atoms with Crippen molar-refractivity contribution in [3.63, 3.8) is 0 Å². The number of hydrogen-bond donors (Lipinski definition) is 1. The van der Waals surface area contributed by atoms with E-state index in [-0.39, 0.29) is 30.0 Å². The lowest BCUT2D eigenvalue weighted by Gasteiger charge is -2.37. The fourth-order valence-electron chi connectivity index (χ4n) is 3.46. The van der Waals surface area contributed by atoms with E-state index in [0.29, 0.717) is 37.6 Å². The lowest BCUT2D eigenvalue weighted by atomic mass is 10.1. The monoisotopic (exact) mass is 406 g/mol. The van der Waals surface area contributed by atoms with E-state index in [1.54, 1.807) is 18.3 Å². The van der Waals surface area contributed by atoms with Crippen LogP contribution in [-0.2, 0) is 4.79 Å². The van der Waals surface area contributed by atoms with Crippen LogP contribution in [0.1, 0.15) is 37.6 Å². The second kappa shape index (κ2) is 9.60. The van der Waals surface area contributed by atoms with Gasteiger partial charge in [0, 0.05) is 44.2 Å². The number of hydrogen-bond acceptors (Lipinski definition) is 6. The summed E-state index contributed by atoms with van der Waals surface area (Å²) in [6.45, 7) is 8.36. The van der Waals surface area contributed by atoms with Crippen LogP contribution in [-0.4, -0.2) is 82.5 Å². The van der Waals surface area contributed by atoms with Gasteiger partial charge in [0.1, 0.15) is 11.7 Å². The van der Waals surface area contributed by atoms with Crippen molar-refractivity contribution in [1.82, 2.24) is 20.1 Å². The van der Waals surface area contributed by atoms with Crippen molar-refractivity contribution in [2.75, 3.05) is 37.7 Å². The van der Waals surface area contributed by atoms with Gasteiger partial charge in [-0.2, -0.15) is 11.8 Å². The molecule has 2 fully saturated rings. The molecule has 0 radical (unpaired) electrons. The third-order valence-corrected chi connectivity index (χ3v) is 6.26. The molecule has 0 aromatic carbocycles. The molecular weight excluding hydrogens is 376 g/mol. The zero-order valence-electron chi connectivity index (χ0n) is 16.9. The molecule has 2 aliphatic rings. The minimum Gasteiger partial charge on any atom is -0.473 e. The Balaban J connectivity index is 1.59. The van der Waals surface area contributed by atoms with Gasteiger partial charge in [0.05, 0.1) is 6.04 Å². The summed E-state index contributed by atoms with van der Waals surface area (Å²) in [7, 11) is 0. The van der Waals surface area contributed by atoms with Crippen molar-refractivity contribution in [1.29, 1.82) is 0 Å². The van der Waals surface area contributed by atoms with Gasteiger partial charge in [-0.1, -0.05) is 0 Å². The van der Waals surface area contributed by atoms with Gasteiger partial charge in [0.15, 0.2) is 0 Å². The van der Waals surface area contributed by atoms with E-state index in [1.807, 2.05) is 37.4 Å². The number of nitrogens with zero attached hydrogens (tertiary/aromatic N) is 3. The molecule has 1 N–H and O–H groups in total. The quantitative estimate of drug-likeness (QED) is 0.774. The molecule has 2 amide bonds. The number of ether oxygens (including phenoxy) is 1. The van der Waals surface area contributed by atoms with Crippen LogP contribution < -0.4 is 10.1 Å². The second-order valence-corrected chi connectivity index (χ2v) is 8.78. The summed E-state index contributed by atoms with van der Waals surface area (Å²) < 4.78 is 6.00. The zero-order chi connectivity index (χ0) is 20.1. The Kier molecular flexibility index (Phi) is 7.18. The van der Waals surface area contributed by atoms with E-state index in [1.165, 1.54) is 0 Å². The molecule has 2 atom stereocenters. The van der Waals surface area contributed by atoms with Gasteiger partial charge >= 0.3 is 0 Å². The molecular formula is C20H30N4O3S. The summed E-state index contributed by atoms with van der Waals surface area (Å²) in [6.07, 6.45) is 2.79. The predicted octanol–water partition coefficient (Wildman–Crippen LogP) is 1.64. The first-order valence-corrected chi connectivity index (χ1v) is 11.1. The first kappa shape index (κ1) is 20.9. The average molecular weight is 407 g/mol. The Hall–Kier alpha value is -1.80. The molecule has 1 aromatic heterocycles. The summed E-state index contributed by atoms with van der Waals surface area (Å²) in [5.41, 5.74) is 0.526. The maximum absolute atomic E-state index is 13.1. The van der Waals surface area contributed by atoms with E-state index < -0.39 is 0 Å². The molecule has 2 unspecified atom stereocenters. The Morgan fingerprint density at radius 1 is 1.25 bits per heavy atom. The highest BCUT2D eigenvalue weighted by Crippen LogP contribution is 2.25. The van der Waals surface area contributed by atoms with Crippen molar-refractivity contribution in [3.8, 4) is 5.88 Å². The number of pyridine rings is 1. The number of thioether (sulfide) groups is 1. The molecule has 0 spiro atoms. The van der Waals surface area contributed by atoms with Crippen molar-refractivity contribution in [2.45, 2.75) is 45.4 Å². The van der Waals surface area contributed by atoms with Gasteiger partial charge in [0.2, 0.25) is 11.8 Å². The standard InChI is InChI=1S/C20H30N4O3S/c1-14(2)22-18(25)15(3)23-8-10-24(11-9-23)20(26)17-5-4-7-21-19(17)27-16-6-12-28-13-16/h4-5,7,14-16H,6,8-13H2,1-3H3,(H,22,25). The highest BCUT2D eigenvalue weighted by atomic mass is 32.2. The largest absolute Gasteiger partial charge is 0.473 e. The van der Waals surface area contributed by atoms with Crippen LogP contribution in [0.25, 0.3) is 0 Å². The predicted molar refractivity (Wildman–Crippen MR) is 111 cm³/mol. The van der Waals surface area contributed by atoms with E-state index in [2.05, 4.69) is 15.2 Å². The second-order valence-electron chi connectivity index (χ2n) is 7.63. The normalized spacial score (nSPS) is 21.6. The zero-order valence-corrected chi connectivity index (χ0v) is 17.7. The summed E-state index contributed by atoms with van der Waals surface area (Å²) in [5.74, 6) is 2.46. The number of amides is 2. The van der Waals surface area contributed by atoms with Crippen LogP contribution in [0, 0.1) is 0 Å². The molecule has 154 valence electrons. The van der Waals surface area contributed by atoms with Gasteiger partial charge in [-0.3, -0.25) is 14.5 Å². The molecule has 3 rings (SSSR count). The maximum Gasteiger partial charge on any atom is 0.259 e. The number of aromatic nitrogens is 1. The molecule has 28 heavy (non-hydrogen) atoms. The van der Waals surface area contributed by atoms with Crippen molar-refractivity contribution in [3.05, 3.63) is 23.9 Å². The summed E-state index contributed by atoms with van der Waals surface area (Å²) in [5, 5.41) is 2.95. The molecule has 3 heterocycles. The lowest BCUT2D eigenvalue weighted by molar-refractivity contribution is -0.126. The molecule has 0 saturated carbocycles. The summed E-state index contributed by atoms with van der Waals surface area (Å²) in [6, 6.07) is 3.49. The first-order chi connectivity index (χ1) is 13.5. The van der Waals surface area contributed by atoms with Crippen LogP contribution in [0.4, 0.5) is 0 Å². The smallest absolute Gasteiger partial charge is 0.259 e. The minimum absolute atomic E-state index is 0.0344. The third-order valence-electron chi connectivity index (χ3n) is 5.13. The first-order valence-electron chi connectivity index (χ1n) is 9.99. The fourth-order valence-corrected chi connectivity index (χ4v) is 4.56. The van der Waals surface area contributed by atoms with Crippen LogP contribution in [0.5, 0.6) is 5.88 Å². The van der Waals surface area contributed by atoms with E-state index in [9.17, 15) is 9.59 Å². The number of nitrogens with one attached hydrogen (secondary N) is 1. The molecule has 0 aliphatic carbocycles. The van der Waals surface area contributed by atoms with Gasteiger partial charge in [-0.15, -0.1) is 0 Å². The summed E-state index contributed by atoms with van der Waals surface area (Å²) >= 11 is 1.87. The maximum atomic E-state index is 13.1. The molecule has 0 bridgehead atoms. The topological polar surface area (TPSA) is 74.8 Å². The van der Waals surface area contributed by atoms with Crippen molar-refractivity contribution < 1.29 is 14.3 Å². The molecule has 7 nitrogen and oxygen atoms in total. The average Bonchev–Trinajstić information content (AvgIpc) is 3.20. The van der Waals surface area contributed by atoms with Crippen LogP contribution in [0.3, 0.4) is 0 Å². The number of carbonyl (C=O) groups is 2. The highest BCUT2D eigenvalue weighted by molar-refractivity contribution is 7.99. The van der Waals surface area contributed by atoms with Gasteiger partial charge < -0.3 is 15.0 Å². The number of rotatable bonds is 6. The molecule has 2 saturated heterocycles. The molecule has 8 heteroatoms. The Bertz CT molecular complexity index is 686. The highest BCUT2D eigenvalue weighted by Gasteiger charge is 2.30. The number of piperazine rings is 1. The van der Waals surface area contributed by atoms with E-state index in [0.717, 1.165) is 17.9 Å². The fraction of sp³-hybridized carbons (Fsp3) is 0.650. The van der Waals surface area contributed by atoms with Crippen LogP contribution >= 0.6 is 11.8 Å². The Morgan fingerprint density at radius 2 is 2.00 bits per heavy atom. The van der Waals surface area contributed by atoms with Gasteiger partial charge in [0.25, 0.3) is 5.91 Å². The lowest BCUT2D eigenvalue weighted by Crippen LogP contribution is -2.55. The van der Waals surface area contributed by atoms with Gasteiger partial charge in [-0.05, 0) is 45.1 Å². The van der Waals surface area contributed by atoms with Crippen LogP contribution in [0.15, 0.2) is 18.3 Å². The van der Waals surface area contributed by atoms with Crippen molar-refractivity contribution in [2.24, 2.45) is 0 Å². The van der Waals surface area contributed by atoms with Gasteiger partial charge in [-0.25, -0.2) is 4.98 Å². The minimum atomic E-state index is -0.197.